The molecular weight excluding hydrogens is 261 g/mol. The number of benzene rings is 1. The van der Waals surface area contributed by atoms with Gasteiger partial charge in [-0.05, 0) is 6.07 Å². The number of fused-ring (bicyclic) bond motifs is 1. The highest BCUT2D eigenvalue weighted by molar-refractivity contribution is 5.87. The van der Waals surface area contributed by atoms with Gasteiger partial charge in [-0.2, -0.15) is 14.0 Å². The number of rotatable bonds is 4. The predicted octanol–water partition coefficient (Wildman–Crippen LogP) is 2.25. The Labute approximate surface area is 106 Å². The van der Waals surface area contributed by atoms with Crippen molar-refractivity contribution in [2.24, 2.45) is 0 Å². The summed E-state index contributed by atoms with van der Waals surface area (Å²) in [6.07, 6.45) is 1.42. The van der Waals surface area contributed by atoms with Crippen LogP contribution in [-0.2, 0) is 6.54 Å². The minimum atomic E-state index is -3.14. The number of nitriles is 1. The zero-order valence-electron chi connectivity index (χ0n) is 9.61. The van der Waals surface area contributed by atoms with E-state index in [1.807, 2.05) is 6.07 Å². The molecule has 7 heteroatoms. The summed E-state index contributed by atoms with van der Waals surface area (Å²) in [5, 5.41) is 18.1. The van der Waals surface area contributed by atoms with Gasteiger partial charge >= 0.3 is 6.61 Å². The van der Waals surface area contributed by atoms with Gasteiger partial charge in [0, 0.05) is 24.2 Å². The quantitative estimate of drug-likeness (QED) is 0.927. The van der Waals surface area contributed by atoms with Gasteiger partial charge in [-0.25, -0.2) is 4.39 Å². The minimum Gasteiger partial charge on any atom is -0.432 e. The normalized spacial score (nSPS) is 10.9. The highest BCUT2D eigenvalue weighted by atomic mass is 19.3. The second-order valence-electron chi connectivity index (χ2n) is 3.75. The van der Waals surface area contributed by atoms with Crippen molar-refractivity contribution >= 4 is 10.9 Å². The molecule has 0 bridgehead atoms. The summed E-state index contributed by atoms with van der Waals surface area (Å²) in [5.74, 6) is -1.56. The summed E-state index contributed by atoms with van der Waals surface area (Å²) in [6.45, 7) is -3.17. The van der Waals surface area contributed by atoms with Gasteiger partial charge in [0.25, 0.3) is 0 Å². The van der Waals surface area contributed by atoms with E-state index in [2.05, 4.69) is 4.74 Å². The lowest BCUT2D eigenvalue weighted by molar-refractivity contribution is -0.0520. The van der Waals surface area contributed by atoms with E-state index in [9.17, 15) is 13.2 Å². The first-order chi connectivity index (χ1) is 9.06. The van der Waals surface area contributed by atoms with E-state index in [0.717, 1.165) is 12.1 Å². The number of alkyl halides is 2. The van der Waals surface area contributed by atoms with Crippen molar-refractivity contribution in [2.75, 3.05) is 6.61 Å². The van der Waals surface area contributed by atoms with Crippen LogP contribution in [0.2, 0.25) is 0 Å². The van der Waals surface area contributed by atoms with E-state index in [-0.39, 0.29) is 24.1 Å². The molecule has 1 N–H and O–H groups in total. The van der Waals surface area contributed by atoms with Crippen molar-refractivity contribution in [3.05, 3.63) is 29.7 Å². The van der Waals surface area contributed by atoms with E-state index in [0.29, 0.717) is 5.52 Å². The maximum atomic E-state index is 13.6. The lowest BCUT2D eigenvalue weighted by atomic mass is 10.2. The zero-order chi connectivity index (χ0) is 14.0. The van der Waals surface area contributed by atoms with Gasteiger partial charge < -0.3 is 14.4 Å². The standard InChI is InChI=1S/C12H9F3N2O2/c13-9-3-8-7(5-16)6-17(1-2-18)10(8)4-11(9)19-12(14)15/h3-4,6,12,18H,1-2H2. The Kier molecular flexibility index (Phi) is 3.62. The van der Waals surface area contributed by atoms with Gasteiger partial charge in [0.2, 0.25) is 0 Å². The summed E-state index contributed by atoms with van der Waals surface area (Å²) in [7, 11) is 0. The Hall–Kier alpha value is -2.20. The van der Waals surface area contributed by atoms with E-state index in [1.165, 1.54) is 10.8 Å². The van der Waals surface area contributed by atoms with Crippen LogP contribution in [0.3, 0.4) is 0 Å². The second kappa shape index (κ2) is 5.20. The summed E-state index contributed by atoms with van der Waals surface area (Å²) in [5.41, 5.74) is 0.550. The molecule has 0 saturated heterocycles. The molecule has 1 heterocycles. The minimum absolute atomic E-state index is 0.165. The largest absolute Gasteiger partial charge is 0.432 e. The number of hydrogen-bond acceptors (Lipinski definition) is 3. The number of aliphatic hydroxyl groups is 1. The maximum Gasteiger partial charge on any atom is 0.387 e. The molecule has 1 aromatic carbocycles. The first-order valence-electron chi connectivity index (χ1n) is 5.35. The Morgan fingerprint density at radius 1 is 1.42 bits per heavy atom. The summed E-state index contributed by atoms with van der Waals surface area (Å²) >= 11 is 0. The van der Waals surface area contributed by atoms with Crippen molar-refractivity contribution in [1.29, 1.82) is 5.26 Å². The Balaban J connectivity index is 2.62. The van der Waals surface area contributed by atoms with Crippen LogP contribution in [-0.4, -0.2) is 22.9 Å². The van der Waals surface area contributed by atoms with E-state index in [4.69, 9.17) is 10.4 Å². The van der Waals surface area contributed by atoms with Crippen LogP contribution in [0.15, 0.2) is 18.3 Å². The fourth-order valence-electron chi connectivity index (χ4n) is 1.86. The average Bonchev–Trinajstić information content (AvgIpc) is 2.67. The molecule has 0 spiro atoms. The van der Waals surface area contributed by atoms with Gasteiger partial charge in [-0.1, -0.05) is 0 Å². The Bertz CT molecular complexity index is 646. The smallest absolute Gasteiger partial charge is 0.387 e. The molecule has 0 saturated carbocycles. The molecule has 0 aliphatic carbocycles. The van der Waals surface area contributed by atoms with Gasteiger partial charge in [0.05, 0.1) is 17.7 Å². The van der Waals surface area contributed by atoms with Gasteiger partial charge in [-0.15, -0.1) is 0 Å². The third kappa shape index (κ3) is 2.48. The van der Waals surface area contributed by atoms with Gasteiger partial charge in [-0.3, -0.25) is 0 Å². The molecule has 0 amide bonds. The molecule has 0 fully saturated rings. The van der Waals surface area contributed by atoms with Crippen molar-refractivity contribution in [2.45, 2.75) is 13.2 Å². The molecule has 1 aromatic heterocycles. The monoisotopic (exact) mass is 270 g/mol. The van der Waals surface area contributed by atoms with Crippen molar-refractivity contribution in [3.63, 3.8) is 0 Å². The fourth-order valence-corrected chi connectivity index (χ4v) is 1.86. The molecule has 0 radical (unpaired) electrons. The van der Waals surface area contributed by atoms with Crippen LogP contribution in [0.5, 0.6) is 5.75 Å². The molecule has 0 unspecified atom stereocenters. The number of nitrogens with zero attached hydrogens (tertiary/aromatic N) is 2. The second-order valence-corrected chi connectivity index (χ2v) is 3.75. The summed E-state index contributed by atoms with van der Waals surface area (Å²) in [6, 6.07) is 3.94. The number of ether oxygens (including phenoxy) is 1. The lowest BCUT2D eigenvalue weighted by Crippen LogP contribution is -2.05. The number of hydrogen-bond donors (Lipinski definition) is 1. The van der Waals surface area contributed by atoms with Gasteiger partial charge in [0.15, 0.2) is 11.6 Å². The average molecular weight is 270 g/mol. The molecule has 4 nitrogen and oxygen atoms in total. The Morgan fingerprint density at radius 2 is 2.16 bits per heavy atom. The molecule has 2 rings (SSSR count). The van der Waals surface area contributed by atoms with Crippen molar-refractivity contribution < 1.29 is 23.0 Å². The third-order valence-electron chi connectivity index (χ3n) is 2.61. The topological polar surface area (TPSA) is 58.2 Å². The highest BCUT2D eigenvalue weighted by Gasteiger charge is 2.16. The number of aliphatic hydroxyl groups excluding tert-OH is 1. The molecule has 0 aliphatic heterocycles. The number of halogens is 3. The summed E-state index contributed by atoms with van der Waals surface area (Å²) < 4.78 is 43.4. The number of aromatic nitrogens is 1. The maximum absolute atomic E-state index is 13.6. The molecule has 0 atom stereocenters. The van der Waals surface area contributed by atoms with E-state index < -0.39 is 18.2 Å². The molecule has 2 aromatic rings. The molecule has 0 aliphatic rings. The molecule has 100 valence electrons. The summed E-state index contributed by atoms with van der Waals surface area (Å²) in [4.78, 5) is 0. The predicted molar refractivity (Wildman–Crippen MR) is 60.3 cm³/mol. The van der Waals surface area contributed by atoms with E-state index in [1.54, 1.807) is 0 Å². The molecular formula is C12H9F3N2O2. The van der Waals surface area contributed by atoms with Crippen molar-refractivity contribution in [3.8, 4) is 11.8 Å². The van der Waals surface area contributed by atoms with Crippen LogP contribution in [0.4, 0.5) is 13.2 Å². The van der Waals surface area contributed by atoms with Gasteiger partial charge in [0.1, 0.15) is 6.07 Å². The SMILES string of the molecule is N#Cc1cn(CCO)c2cc(OC(F)F)c(F)cc12. The highest BCUT2D eigenvalue weighted by Crippen LogP contribution is 2.29. The molecule has 19 heavy (non-hydrogen) atoms. The van der Waals surface area contributed by atoms with Crippen LogP contribution in [0, 0.1) is 17.1 Å². The third-order valence-corrected chi connectivity index (χ3v) is 2.61. The lowest BCUT2D eigenvalue weighted by Gasteiger charge is -2.07. The van der Waals surface area contributed by atoms with E-state index >= 15 is 0 Å². The van der Waals surface area contributed by atoms with Crippen LogP contribution in [0.1, 0.15) is 5.56 Å². The fraction of sp³-hybridized carbons (Fsp3) is 0.250. The van der Waals surface area contributed by atoms with Crippen LogP contribution < -0.4 is 4.74 Å². The first kappa shape index (κ1) is 13.2. The Morgan fingerprint density at radius 3 is 2.74 bits per heavy atom. The zero-order valence-corrected chi connectivity index (χ0v) is 9.61. The van der Waals surface area contributed by atoms with Crippen molar-refractivity contribution in [1.82, 2.24) is 4.57 Å². The van der Waals surface area contributed by atoms with Crippen LogP contribution >= 0.6 is 0 Å². The first-order valence-corrected chi connectivity index (χ1v) is 5.35. The van der Waals surface area contributed by atoms with Crippen LogP contribution in [0.25, 0.3) is 10.9 Å².